The highest BCUT2D eigenvalue weighted by molar-refractivity contribution is 5.89. The number of carbonyl (C=O) groups excluding carboxylic acids is 1. The molecule has 0 heterocycles. The number of aliphatic carboxylic acids is 1. The first-order valence-electron chi connectivity index (χ1n) is 6.24. The van der Waals surface area contributed by atoms with Crippen molar-refractivity contribution in [1.29, 1.82) is 0 Å². The molecule has 0 aliphatic carbocycles. The lowest BCUT2D eigenvalue weighted by molar-refractivity contribution is -0.137. The molecule has 1 rings (SSSR count). The van der Waals surface area contributed by atoms with Gasteiger partial charge in [0, 0.05) is 11.7 Å². The molecule has 1 unspecified atom stereocenters. The van der Waals surface area contributed by atoms with Gasteiger partial charge in [0.2, 0.25) is 0 Å². The monoisotopic (exact) mass is 264 g/mol. The number of urea groups is 1. The minimum atomic E-state index is -0.922. The summed E-state index contributed by atoms with van der Waals surface area (Å²) in [6.45, 7) is 5.71. The molecule has 0 saturated heterocycles. The van der Waals surface area contributed by atoms with Crippen LogP contribution in [0.5, 0.6) is 0 Å². The van der Waals surface area contributed by atoms with E-state index in [2.05, 4.69) is 10.6 Å². The summed E-state index contributed by atoms with van der Waals surface area (Å²) in [6, 6.07) is 6.62. The quantitative estimate of drug-likeness (QED) is 0.765. The minimum absolute atomic E-state index is 0.0554. The Balaban J connectivity index is 2.57. The van der Waals surface area contributed by atoms with E-state index >= 15 is 0 Å². The van der Waals surface area contributed by atoms with Crippen LogP contribution in [0, 0.1) is 12.8 Å². The van der Waals surface area contributed by atoms with Crippen molar-refractivity contribution < 1.29 is 14.7 Å². The van der Waals surface area contributed by atoms with Crippen molar-refractivity contribution in [3.63, 3.8) is 0 Å². The Bertz CT molecular complexity index is 441. The maximum atomic E-state index is 11.8. The van der Waals surface area contributed by atoms with Crippen LogP contribution in [-0.4, -0.2) is 23.1 Å². The minimum Gasteiger partial charge on any atom is -0.481 e. The van der Waals surface area contributed by atoms with Gasteiger partial charge in [0.1, 0.15) is 0 Å². The van der Waals surface area contributed by atoms with Crippen LogP contribution in [-0.2, 0) is 4.79 Å². The molecular weight excluding hydrogens is 244 g/mol. The highest BCUT2D eigenvalue weighted by Gasteiger charge is 2.19. The SMILES string of the molecule is Cc1ccc(NC(=O)NC(CC(=O)O)C(C)C)cc1. The van der Waals surface area contributed by atoms with Crippen molar-refractivity contribution in [2.45, 2.75) is 33.2 Å². The molecule has 5 heteroatoms. The number of hydrogen-bond donors (Lipinski definition) is 3. The number of hydrogen-bond acceptors (Lipinski definition) is 2. The summed E-state index contributed by atoms with van der Waals surface area (Å²) >= 11 is 0. The maximum absolute atomic E-state index is 11.8. The van der Waals surface area contributed by atoms with Gasteiger partial charge in [0.15, 0.2) is 0 Å². The van der Waals surface area contributed by atoms with Gasteiger partial charge in [-0.2, -0.15) is 0 Å². The Kier molecular flexibility index (Phi) is 5.36. The summed E-state index contributed by atoms with van der Waals surface area (Å²) in [6.07, 6.45) is -0.0843. The van der Waals surface area contributed by atoms with E-state index in [0.717, 1.165) is 5.56 Å². The van der Waals surface area contributed by atoms with Gasteiger partial charge in [-0.05, 0) is 25.0 Å². The van der Waals surface area contributed by atoms with Crippen molar-refractivity contribution in [2.24, 2.45) is 5.92 Å². The molecular formula is C14H20N2O3. The lowest BCUT2D eigenvalue weighted by Crippen LogP contribution is -2.42. The number of carboxylic acids is 1. The van der Waals surface area contributed by atoms with Crippen molar-refractivity contribution in [1.82, 2.24) is 5.32 Å². The van der Waals surface area contributed by atoms with Crippen LogP contribution in [0.1, 0.15) is 25.8 Å². The number of aryl methyl sites for hydroxylation is 1. The van der Waals surface area contributed by atoms with Gasteiger partial charge >= 0.3 is 12.0 Å². The van der Waals surface area contributed by atoms with E-state index in [-0.39, 0.29) is 24.4 Å². The Morgan fingerprint density at radius 3 is 2.26 bits per heavy atom. The molecule has 1 atom stereocenters. The van der Waals surface area contributed by atoms with E-state index in [1.54, 1.807) is 12.1 Å². The van der Waals surface area contributed by atoms with E-state index in [0.29, 0.717) is 5.69 Å². The molecule has 1 aromatic carbocycles. The van der Waals surface area contributed by atoms with Crippen molar-refractivity contribution in [3.05, 3.63) is 29.8 Å². The van der Waals surface area contributed by atoms with Gasteiger partial charge in [-0.15, -0.1) is 0 Å². The van der Waals surface area contributed by atoms with Crippen molar-refractivity contribution in [3.8, 4) is 0 Å². The molecule has 19 heavy (non-hydrogen) atoms. The number of carbonyl (C=O) groups is 2. The maximum Gasteiger partial charge on any atom is 0.319 e. The van der Waals surface area contributed by atoms with E-state index < -0.39 is 5.97 Å². The van der Waals surface area contributed by atoms with Crippen LogP contribution in [0.2, 0.25) is 0 Å². The second-order valence-corrected chi connectivity index (χ2v) is 4.91. The zero-order chi connectivity index (χ0) is 14.4. The summed E-state index contributed by atoms with van der Waals surface area (Å²) in [5.74, 6) is -0.866. The largest absolute Gasteiger partial charge is 0.481 e. The second kappa shape index (κ2) is 6.78. The van der Waals surface area contributed by atoms with Crippen molar-refractivity contribution >= 4 is 17.7 Å². The molecule has 0 aliphatic heterocycles. The Hall–Kier alpha value is -2.04. The molecule has 2 amide bonds. The third-order valence-electron chi connectivity index (χ3n) is 2.83. The van der Waals surface area contributed by atoms with Crippen LogP contribution in [0.25, 0.3) is 0 Å². The van der Waals surface area contributed by atoms with Crippen LogP contribution in [0.3, 0.4) is 0 Å². The lowest BCUT2D eigenvalue weighted by Gasteiger charge is -2.20. The molecule has 5 nitrogen and oxygen atoms in total. The van der Waals surface area contributed by atoms with Gasteiger partial charge in [0.25, 0.3) is 0 Å². The molecule has 0 fully saturated rings. The molecule has 0 aliphatic rings. The van der Waals surface area contributed by atoms with Crippen LogP contribution >= 0.6 is 0 Å². The van der Waals surface area contributed by atoms with E-state index in [1.165, 1.54) is 0 Å². The fourth-order valence-electron chi connectivity index (χ4n) is 1.61. The fraction of sp³-hybridized carbons (Fsp3) is 0.429. The second-order valence-electron chi connectivity index (χ2n) is 4.91. The summed E-state index contributed by atoms with van der Waals surface area (Å²) in [7, 11) is 0. The number of carboxylic acid groups (broad SMARTS) is 1. The van der Waals surface area contributed by atoms with Gasteiger partial charge in [-0.3, -0.25) is 4.79 Å². The number of amides is 2. The first-order chi connectivity index (χ1) is 8.88. The normalized spacial score (nSPS) is 12.0. The van der Waals surface area contributed by atoms with Gasteiger partial charge in [0.05, 0.1) is 6.42 Å². The predicted molar refractivity (Wildman–Crippen MR) is 74.2 cm³/mol. The van der Waals surface area contributed by atoms with Gasteiger partial charge < -0.3 is 15.7 Å². The standard InChI is InChI=1S/C14H20N2O3/c1-9(2)12(8-13(17)18)16-14(19)15-11-6-4-10(3)5-7-11/h4-7,9,12H,8H2,1-3H3,(H,17,18)(H2,15,16,19). The third kappa shape index (κ3) is 5.42. The highest BCUT2D eigenvalue weighted by Crippen LogP contribution is 2.10. The zero-order valence-electron chi connectivity index (χ0n) is 11.4. The third-order valence-corrected chi connectivity index (χ3v) is 2.83. The summed E-state index contributed by atoms with van der Waals surface area (Å²) in [5.41, 5.74) is 1.79. The average Bonchev–Trinajstić information content (AvgIpc) is 2.30. The lowest BCUT2D eigenvalue weighted by atomic mass is 10.0. The molecule has 0 spiro atoms. The summed E-state index contributed by atoms with van der Waals surface area (Å²) < 4.78 is 0. The zero-order valence-corrected chi connectivity index (χ0v) is 11.4. The number of rotatable bonds is 5. The molecule has 0 radical (unpaired) electrons. The fourth-order valence-corrected chi connectivity index (χ4v) is 1.61. The topological polar surface area (TPSA) is 78.4 Å². The number of nitrogens with one attached hydrogen (secondary N) is 2. The Labute approximate surface area is 113 Å². The Morgan fingerprint density at radius 2 is 1.79 bits per heavy atom. The van der Waals surface area contributed by atoms with Crippen LogP contribution in [0.4, 0.5) is 10.5 Å². The first kappa shape index (κ1) is 15.0. The molecule has 3 N–H and O–H groups in total. The van der Waals surface area contributed by atoms with Gasteiger partial charge in [-0.1, -0.05) is 31.5 Å². The smallest absolute Gasteiger partial charge is 0.319 e. The molecule has 0 aromatic heterocycles. The van der Waals surface area contributed by atoms with Crippen molar-refractivity contribution in [2.75, 3.05) is 5.32 Å². The van der Waals surface area contributed by atoms with Gasteiger partial charge in [-0.25, -0.2) is 4.79 Å². The number of anilines is 1. The summed E-state index contributed by atoms with van der Waals surface area (Å²) in [5, 5.41) is 14.2. The highest BCUT2D eigenvalue weighted by atomic mass is 16.4. The first-order valence-corrected chi connectivity index (χ1v) is 6.24. The van der Waals surface area contributed by atoms with Crippen LogP contribution in [0.15, 0.2) is 24.3 Å². The Morgan fingerprint density at radius 1 is 1.21 bits per heavy atom. The molecule has 104 valence electrons. The molecule has 0 bridgehead atoms. The molecule has 1 aromatic rings. The average molecular weight is 264 g/mol. The van der Waals surface area contributed by atoms with E-state index in [1.807, 2.05) is 32.9 Å². The van der Waals surface area contributed by atoms with E-state index in [9.17, 15) is 9.59 Å². The van der Waals surface area contributed by atoms with E-state index in [4.69, 9.17) is 5.11 Å². The molecule has 0 saturated carbocycles. The predicted octanol–water partition coefficient (Wildman–Crippen LogP) is 2.62. The number of benzene rings is 1. The summed E-state index contributed by atoms with van der Waals surface area (Å²) in [4.78, 5) is 22.5. The van der Waals surface area contributed by atoms with Crippen LogP contribution < -0.4 is 10.6 Å².